The lowest BCUT2D eigenvalue weighted by molar-refractivity contribution is 0.190. The molecule has 0 amide bonds. The molecule has 0 aliphatic heterocycles. The van der Waals surface area contributed by atoms with Gasteiger partial charge in [0.15, 0.2) is 9.84 Å². The quantitative estimate of drug-likeness (QED) is 0.846. The number of nitrogens with one attached hydrogen (secondary N) is 1. The number of rotatable bonds is 6. The van der Waals surface area contributed by atoms with Crippen LogP contribution in [0.4, 0.5) is 5.69 Å². The summed E-state index contributed by atoms with van der Waals surface area (Å²) >= 11 is 0. The predicted octanol–water partition coefficient (Wildman–Crippen LogP) is 1.93. The molecule has 0 bridgehead atoms. The van der Waals surface area contributed by atoms with Crippen LogP contribution in [0.15, 0.2) is 29.2 Å². The van der Waals surface area contributed by atoms with Gasteiger partial charge < -0.3 is 10.1 Å². The lowest BCUT2D eigenvalue weighted by Gasteiger charge is -2.17. The van der Waals surface area contributed by atoms with Gasteiger partial charge in [-0.05, 0) is 19.1 Å². The van der Waals surface area contributed by atoms with E-state index in [4.69, 9.17) is 4.74 Å². The summed E-state index contributed by atoms with van der Waals surface area (Å²) < 4.78 is 28.8. The van der Waals surface area contributed by atoms with Crippen molar-refractivity contribution >= 4 is 15.5 Å². The third-order valence-corrected chi connectivity index (χ3v) is 4.21. The van der Waals surface area contributed by atoms with Crippen molar-refractivity contribution in [3.05, 3.63) is 24.3 Å². The molecule has 0 saturated heterocycles. The Hall–Kier alpha value is -1.07. The van der Waals surface area contributed by atoms with Crippen LogP contribution in [-0.4, -0.2) is 33.9 Å². The van der Waals surface area contributed by atoms with Crippen molar-refractivity contribution in [3.8, 4) is 0 Å². The second-order valence-electron chi connectivity index (χ2n) is 3.90. The topological polar surface area (TPSA) is 55.4 Å². The molecule has 5 heteroatoms. The highest BCUT2D eigenvalue weighted by atomic mass is 32.2. The van der Waals surface area contributed by atoms with E-state index in [0.717, 1.165) is 0 Å². The number of sulfone groups is 1. The first-order chi connectivity index (χ1) is 8.01. The molecule has 1 unspecified atom stereocenters. The molecule has 1 N–H and O–H groups in total. The molecular weight excluding hydrogens is 238 g/mol. The van der Waals surface area contributed by atoms with Gasteiger partial charge in [0.2, 0.25) is 0 Å². The summed E-state index contributed by atoms with van der Waals surface area (Å²) in [5, 5.41) is 3.15. The normalized spacial score (nSPS) is 13.4. The van der Waals surface area contributed by atoms with Crippen molar-refractivity contribution in [3.63, 3.8) is 0 Å². The molecule has 4 nitrogen and oxygen atoms in total. The van der Waals surface area contributed by atoms with Crippen LogP contribution in [0, 0.1) is 0 Å². The summed E-state index contributed by atoms with van der Waals surface area (Å²) in [4.78, 5) is 0.352. The molecule has 17 heavy (non-hydrogen) atoms. The molecule has 0 aliphatic carbocycles. The van der Waals surface area contributed by atoms with Crippen LogP contribution in [0.3, 0.4) is 0 Å². The van der Waals surface area contributed by atoms with Gasteiger partial charge in [-0.15, -0.1) is 0 Å². The zero-order valence-electron chi connectivity index (χ0n) is 10.4. The molecule has 0 fully saturated rings. The van der Waals surface area contributed by atoms with E-state index in [1.807, 2.05) is 13.0 Å². The highest BCUT2D eigenvalue weighted by molar-refractivity contribution is 7.91. The van der Waals surface area contributed by atoms with Gasteiger partial charge >= 0.3 is 0 Å². The van der Waals surface area contributed by atoms with E-state index in [1.165, 1.54) is 0 Å². The van der Waals surface area contributed by atoms with E-state index < -0.39 is 9.84 Å². The minimum atomic E-state index is -3.19. The van der Waals surface area contributed by atoms with Gasteiger partial charge in [0.1, 0.15) is 0 Å². The van der Waals surface area contributed by atoms with Gasteiger partial charge in [0, 0.05) is 13.2 Å². The second kappa shape index (κ2) is 6.02. The fraction of sp³-hybridized carbons (Fsp3) is 0.500. The SMILES string of the molecule is CCS(=O)(=O)c1ccccc1NC(C)COC. The number of hydrogen-bond acceptors (Lipinski definition) is 4. The van der Waals surface area contributed by atoms with Crippen molar-refractivity contribution in [2.24, 2.45) is 0 Å². The first-order valence-electron chi connectivity index (χ1n) is 5.58. The van der Waals surface area contributed by atoms with E-state index in [2.05, 4.69) is 5.32 Å². The molecule has 0 spiro atoms. The van der Waals surface area contributed by atoms with Crippen molar-refractivity contribution < 1.29 is 13.2 Å². The molecule has 1 aromatic rings. The number of anilines is 1. The van der Waals surface area contributed by atoms with E-state index in [-0.39, 0.29) is 11.8 Å². The van der Waals surface area contributed by atoms with Gasteiger partial charge in [-0.3, -0.25) is 0 Å². The highest BCUT2D eigenvalue weighted by Gasteiger charge is 2.16. The molecule has 96 valence electrons. The van der Waals surface area contributed by atoms with Crippen molar-refractivity contribution in [1.82, 2.24) is 0 Å². The van der Waals surface area contributed by atoms with Gasteiger partial charge in [-0.25, -0.2) is 8.42 Å². The summed E-state index contributed by atoms with van der Waals surface area (Å²) in [6.07, 6.45) is 0. The lowest BCUT2D eigenvalue weighted by atomic mass is 10.3. The fourth-order valence-electron chi connectivity index (χ4n) is 1.57. The Bertz CT molecular complexity index is 457. The van der Waals surface area contributed by atoms with E-state index >= 15 is 0 Å². The Balaban J connectivity index is 3.01. The smallest absolute Gasteiger partial charge is 0.180 e. The third-order valence-electron chi connectivity index (χ3n) is 2.42. The maximum absolute atomic E-state index is 11.9. The average molecular weight is 257 g/mol. The van der Waals surface area contributed by atoms with Crippen LogP contribution < -0.4 is 5.32 Å². The van der Waals surface area contributed by atoms with Crippen LogP contribution in [0.5, 0.6) is 0 Å². The molecule has 0 aliphatic rings. The molecular formula is C12H19NO3S. The summed E-state index contributed by atoms with van der Waals surface area (Å²) in [6, 6.07) is 7.01. The van der Waals surface area contributed by atoms with E-state index in [9.17, 15) is 8.42 Å². The van der Waals surface area contributed by atoms with Gasteiger partial charge in [-0.1, -0.05) is 19.1 Å². The monoisotopic (exact) mass is 257 g/mol. The van der Waals surface area contributed by atoms with Gasteiger partial charge in [-0.2, -0.15) is 0 Å². The number of ether oxygens (including phenoxy) is 1. The zero-order valence-corrected chi connectivity index (χ0v) is 11.3. The molecule has 1 rings (SSSR count). The number of methoxy groups -OCH3 is 1. The van der Waals surface area contributed by atoms with E-state index in [0.29, 0.717) is 17.2 Å². The Morgan fingerprint density at radius 3 is 2.59 bits per heavy atom. The summed E-state index contributed by atoms with van der Waals surface area (Å²) in [5.74, 6) is 0.102. The minimum absolute atomic E-state index is 0.0632. The molecule has 0 heterocycles. The average Bonchev–Trinajstić information content (AvgIpc) is 2.30. The third kappa shape index (κ3) is 3.71. The highest BCUT2D eigenvalue weighted by Crippen LogP contribution is 2.22. The van der Waals surface area contributed by atoms with Crippen molar-refractivity contribution in [2.75, 3.05) is 24.8 Å². The van der Waals surface area contributed by atoms with Crippen LogP contribution in [-0.2, 0) is 14.6 Å². The number of hydrogen-bond donors (Lipinski definition) is 1. The molecule has 1 aromatic carbocycles. The van der Waals surface area contributed by atoms with Gasteiger partial charge in [0.05, 0.1) is 22.9 Å². The summed E-state index contributed by atoms with van der Waals surface area (Å²) in [6.45, 7) is 4.12. The first-order valence-corrected chi connectivity index (χ1v) is 7.23. The first kappa shape index (κ1) is 14.0. The zero-order chi connectivity index (χ0) is 12.9. The Kier molecular flexibility index (Phi) is 4.96. The molecule has 0 saturated carbocycles. The predicted molar refractivity (Wildman–Crippen MR) is 69.1 cm³/mol. The summed E-state index contributed by atoms with van der Waals surface area (Å²) in [5.41, 5.74) is 0.638. The minimum Gasteiger partial charge on any atom is -0.383 e. The Morgan fingerprint density at radius 2 is 2.00 bits per heavy atom. The van der Waals surface area contributed by atoms with Gasteiger partial charge in [0.25, 0.3) is 0 Å². The number of para-hydroxylation sites is 1. The maximum Gasteiger partial charge on any atom is 0.180 e. The molecule has 1 atom stereocenters. The van der Waals surface area contributed by atoms with Crippen LogP contribution in [0.1, 0.15) is 13.8 Å². The lowest BCUT2D eigenvalue weighted by Crippen LogP contribution is -2.22. The Morgan fingerprint density at radius 1 is 1.35 bits per heavy atom. The van der Waals surface area contributed by atoms with E-state index in [1.54, 1.807) is 32.2 Å². The van der Waals surface area contributed by atoms with Crippen LogP contribution >= 0.6 is 0 Å². The molecule has 0 aromatic heterocycles. The van der Waals surface area contributed by atoms with Crippen LogP contribution in [0.2, 0.25) is 0 Å². The number of benzene rings is 1. The summed E-state index contributed by atoms with van der Waals surface area (Å²) in [7, 11) is -1.57. The largest absolute Gasteiger partial charge is 0.383 e. The Labute approximate surface area is 103 Å². The van der Waals surface area contributed by atoms with Crippen LogP contribution in [0.25, 0.3) is 0 Å². The second-order valence-corrected chi connectivity index (χ2v) is 6.15. The molecule has 0 radical (unpaired) electrons. The standard InChI is InChI=1S/C12H19NO3S/c1-4-17(14,15)12-8-6-5-7-11(12)13-10(2)9-16-3/h5-8,10,13H,4,9H2,1-3H3. The maximum atomic E-state index is 11.9. The van der Waals surface area contributed by atoms with Crippen molar-refractivity contribution in [1.29, 1.82) is 0 Å². The fourth-order valence-corrected chi connectivity index (χ4v) is 2.63. The van der Waals surface area contributed by atoms with Crippen molar-refractivity contribution in [2.45, 2.75) is 24.8 Å².